The lowest BCUT2D eigenvalue weighted by Gasteiger charge is -2.06. The standard InChI is InChI=1S/C21H24N2O4S/c1-2-27-15-17-4-3-5-19(14-17)22-21(24)13-8-16-6-11-20(12-7-16)28(25,26)23-18-9-10-18/h3-8,11-14,18,23H,2,9-10,15H2,1H3,(H,22,24)/b13-8+. The predicted molar refractivity (Wildman–Crippen MR) is 109 cm³/mol. The van der Waals surface area contributed by atoms with Gasteiger partial charge in [-0.1, -0.05) is 24.3 Å². The summed E-state index contributed by atoms with van der Waals surface area (Å²) in [6.45, 7) is 3.07. The smallest absolute Gasteiger partial charge is 0.248 e. The molecule has 0 aliphatic heterocycles. The van der Waals surface area contributed by atoms with Gasteiger partial charge < -0.3 is 10.1 Å². The lowest BCUT2D eigenvalue weighted by Crippen LogP contribution is -2.25. The maximum atomic E-state index is 12.2. The number of nitrogens with one attached hydrogen (secondary N) is 2. The molecule has 7 heteroatoms. The van der Waals surface area contributed by atoms with E-state index in [-0.39, 0.29) is 16.8 Å². The second-order valence-corrected chi connectivity index (χ2v) is 8.34. The van der Waals surface area contributed by atoms with Crippen LogP contribution in [0.4, 0.5) is 5.69 Å². The fraction of sp³-hybridized carbons (Fsp3) is 0.286. The second kappa shape index (κ2) is 9.14. The summed E-state index contributed by atoms with van der Waals surface area (Å²) in [5.41, 5.74) is 2.42. The Bertz CT molecular complexity index is 949. The summed E-state index contributed by atoms with van der Waals surface area (Å²) in [5.74, 6) is -0.263. The van der Waals surface area contributed by atoms with E-state index < -0.39 is 10.0 Å². The highest BCUT2D eigenvalue weighted by Crippen LogP contribution is 2.22. The van der Waals surface area contributed by atoms with Crippen molar-refractivity contribution < 1.29 is 17.9 Å². The molecule has 2 aromatic rings. The van der Waals surface area contributed by atoms with Crippen molar-refractivity contribution in [3.63, 3.8) is 0 Å². The minimum Gasteiger partial charge on any atom is -0.377 e. The lowest BCUT2D eigenvalue weighted by molar-refractivity contribution is -0.111. The summed E-state index contributed by atoms with van der Waals surface area (Å²) in [7, 11) is -3.46. The molecule has 1 aliphatic carbocycles. The molecule has 1 fully saturated rings. The van der Waals surface area contributed by atoms with Crippen LogP contribution in [-0.2, 0) is 26.2 Å². The first-order valence-corrected chi connectivity index (χ1v) is 10.7. The van der Waals surface area contributed by atoms with Gasteiger partial charge in [0.2, 0.25) is 15.9 Å². The maximum Gasteiger partial charge on any atom is 0.248 e. The largest absolute Gasteiger partial charge is 0.377 e. The van der Waals surface area contributed by atoms with Crippen LogP contribution in [0.2, 0.25) is 0 Å². The average molecular weight is 401 g/mol. The van der Waals surface area contributed by atoms with Gasteiger partial charge in [0.1, 0.15) is 0 Å². The number of benzene rings is 2. The molecule has 6 nitrogen and oxygen atoms in total. The van der Waals surface area contributed by atoms with Crippen molar-refractivity contribution in [3.8, 4) is 0 Å². The Morgan fingerprint density at radius 1 is 1.18 bits per heavy atom. The number of amides is 1. The first-order valence-electron chi connectivity index (χ1n) is 9.24. The summed E-state index contributed by atoms with van der Waals surface area (Å²) in [4.78, 5) is 12.4. The van der Waals surface area contributed by atoms with Gasteiger partial charge in [-0.25, -0.2) is 13.1 Å². The highest BCUT2D eigenvalue weighted by molar-refractivity contribution is 7.89. The zero-order valence-corrected chi connectivity index (χ0v) is 16.5. The number of rotatable bonds is 9. The van der Waals surface area contributed by atoms with E-state index in [1.165, 1.54) is 6.08 Å². The van der Waals surface area contributed by atoms with Gasteiger partial charge in [0.15, 0.2) is 0 Å². The van der Waals surface area contributed by atoms with Crippen LogP contribution in [0.1, 0.15) is 30.9 Å². The molecule has 0 radical (unpaired) electrons. The molecular weight excluding hydrogens is 376 g/mol. The maximum absolute atomic E-state index is 12.2. The molecule has 0 aromatic heterocycles. The van der Waals surface area contributed by atoms with Crippen LogP contribution in [0.15, 0.2) is 59.5 Å². The Balaban J connectivity index is 1.58. The van der Waals surface area contributed by atoms with Crippen LogP contribution in [-0.4, -0.2) is 27.0 Å². The SMILES string of the molecule is CCOCc1cccc(NC(=O)/C=C/c2ccc(S(=O)(=O)NC3CC3)cc2)c1. The molecule has 0 spiro atoms. The van der Waals surface area contributed by atoms with Gasteiger partial charge in [-0.05, 0) is 61.2 Å². The van der Waals surface area contributed by atoms with Crippen LogP contribution in [0.5, 0.6) is 0 Å². The van der Waals surface area contributed by atoms with Crippen LogP contribution in [0, 0.1) is 0 Å². The number of hydrogen-bond acceptors (Lipinski definition) is 4. The van der Waals surface area contributed by atoms with Gasteiger partial charge in [0, 0.05) is 24.4 Å². The Morgan fingerprint density at radius 2 is 1.93 bits per heavy atom. The van der Waals surface area contributed by atoms with E-state index >= 15 is 0 Å². The molecule has 1 saturated carbocycles. The van der Waals surface area contributed by atoms with Crippen molar-refractivity contribution in [1.29, 1.82) is 0 Å². The van der Waals surface area contributed by atoms with E-state index in [4.69, 9.17) is 4.74 Å². The first-order chi connectivity index (χ1) is 13.5. The van der Waals surface area contributed by atoms with Crippen LogP contribution < -0.4 is 10.0 Å². The van der Waals surface area contributed by atoms with Crippen molar-refractivity contribution in [2.75, 3.05) is 11.9 Å². The fourth-order valence-electron chi connectivity index (χ4n) is 2.56. The quantitative estimate of drug-likeness (QED) is 0.633. The molecule has 2 N–H and O–H groups in total. The van der Waals surface area contributed by atoms with Gasteiger partial charge in [0.25, 0.3) is 0 Å². The molecule has 0 saturated heterocycles. The van der Waals surface area contributed by atoms with Crippen molar-refractivity contribution in [2.45, 2.75) is 37.3 Å². The molecule has 0 bridgehead atoms. The van der Waals surface area contributed by atoms with E-state index in [0.717, 1.165) is 24.0 Å². The number of sulfonamides is 1. The normalized spacial score (nSPS) is 14.3. The number of carbonyl (C=O) groups is 1. The molecule has 28 heavy (non-hydrogen) atoms. The first kappa shape index (κ1) is 20.3. The Labute approximate surface area is 165 Å². The molecule has 2 aromatic carbocycles. The Kier molecular flexibility index (Phi) is 6.61. The van der Waals surface area contributed by atoms with Gasteiger partial charge in [-0.3, -0.25) is 4.79 Å². The van der Waals surface area contributed by atoms with Crippen molar-refractivity contribution in [1.82, 2.24) is 4.72 Å². The van der Waals surface area contributed by atoms with Crippen LogP contribution in [0.25, 0.3) is 6.08 Å². The molecule has 148 valence electrons. The molecule has 0 heterocycles. The highest BCUT2D eigenvalue weighted by Gasteiger charge is 2.27. The molecule has 3 rings (SSSR count). The second-order valence-electron chi connectivity index (χ2n) is 6.62. The van der Waals surface area contributed by atoms with Crippen molar-refractivity contribution in [2.24, 2.45) is 0 Å². The monoisotopic (exact) mass is 400 g/mol. The highest BCUT2D eigenvalue weighted by atomic mass is 32.2. The van der Waals surface area contributed by atoms with Crippen LogP contribution >= 0.6 is 0 Å². The average Bonchev–Trinajstić information content (AvgIpc) is 3.49. The third-order valence-electron chi connectivity index (χ3n) is 4.18. The Morgan fingerprint density at radius 3 is 2.61 bits per heavy atom. The van der Waals surface area contributed by atoms with E-state index in [9.17, 15) is 13.2 Å². The van der Waals surface area contributed by atoms with Gasteiger partial charge in [0.05, 0.1) is 11.5 Å². The summed E-state index contributed by atoms with van der Waals surface area (Å²) in [5, 5.41) is 2.81. The van der Waals surface area contributed by atoms with Crippen LogP contribution in [0.3, 0.4) is 0 Å². The van der Waals surface area contributed by atoms with Crippen molar-refractivity contribution >= 4 is 27.7 Å². The topological polar surface area (TPSA) is 84.5 Å². The molecule has 1 aliphatic rings. The number of carbonyl (C=O) groups excluding carboxylic acids is 1. The zero-order chi connectivity index (χ0) is 20.0. The lowest BCUT2D eigenvalue weighted by atomic mass is 10.2. The predicted octanol–water partition coefficient (Wildman–Crippen LogP) is 3.32. The van der Waals surface area contributed by atoms with E-state index in [1.807, 2.05) is 31.2 Å². The van der Waals surface area contributed by atoms with Gasteiger partial charge >= 0.3 is 0 Å². The third kappa shape index (κ3) is 6.02. The number of hydrogen-bond donors (Lipinski definition) is 2. The molecule has 0 atom stereocenters. The fourth-order valence-corrected chi connectivity index (χ4v) is 3.87. The summed E-state index contributed by atoms with van der Waals surface area (Å²) >= 11 is 0. The zero-order valence-electron chi connectivity index (χ0n) is 15.7. The van der Waals surface area contributed by atoms with Crippen molar-refractivity contribution in [3.05, 3.63) is 65.7 Å². The number of ether oxygens (including phenoxy) is 1. The molecule has 0 unspecified atom stereocenters. The summed E-state index contributed by atoms with van der Waals surface area (Å²) in [6, 6.07) is 14.0. The van der Waals surface area contributed by atoms with Gasteiger partial charge in [-0.2, -0.15) is 0 Å². The minimum atomic E-state index is -3.46. The number of anilines is 1. The Hall–Kier alpha value is -2.48. The summed E-state index contributed by atoms with van der Waals surface area (Å²) in [6.07, 6.45) is 4.85. The molecule has 1 amide bonds. The minimum absolute atomic E-state index is 0.0697. The molecular formula is C21H24N2O4S. The van der Waals surface area contributed by atoms with E-state index in [0.29, 0.717) is 18.9 Å². The van der Waals surface area contributed by atoms with E-state index in [2.05, 4.69) is 10.0 Å². The summed E-state index contributed by atoms with van der Waals surface area (Å²) < 4.78 is 32.3. The van der Waals surface area contributed by atoms with E-state index in [1.54, 1.807) is 30.3 Å². The third-order valence-corrected chi connectivity index (χ3v) is 5.72. The van der Waals surface area contributed by atoms with Gasteiger partial charge in [-0.15, -0.1) is 0 Å².